The van der Waals surface area contributed by atoms with Crippen molar-refractivity contribution in [3.63, 3.8) is 0 Å². The lowest BCUT2D eigenvalue weighted by atomic mass is 9.87. The molecule has 1 N–H and O–H groups in total. The summed E-state index contributed by atoms with van der Waals surface area (Å²) in [6.07, 6.45) is 2.39. The summed E-state index contributed by atoms with van der Waals surface area (Å²) in [4.78, 5) is 6.79. The number of aliphatic imine (C=N–C) groups is 1. The first-order chi connectivity index (χ1) is 12.1. The third kappa shape index (κ3) is 4.37. The molecule has 3 rings (SSSR count). The van der Waals surface area contributed by atoms with Crippen molar-refractivity contribution in [2.24, 2.45) is 10.4 Å². The number of rotatable bonds is 5. The highest BCUT2D eigenvalue weighted by Gasteiger charge is 2.42. The van der Waals surface area contributed by atoms with E-state index >= 15 is 0 Å². The number of ether oxygens (including phenoxy) is 3. The van der Waals surface area contributed by atoms with E-state index in [1.807, 2.05) is 31.3 Å². The number of hydrogen-bond donors (Lipinski definition) is 1. The molecule has 25 heavy (non-hydrogen) atoms. The van der Waals surface area contributed by atoms with Crippen LogP contribution in [0.15, 0.2) is 29.3 Å². The first-order valence-electron chi connectivity index (χ1n) is 8.98. The van der Waals surface area contributed by atoms with Crippen LogP contribution in [0.3, 0.4) is 0 Å². The number of nitrogens with one attached hydrogen (secondary N) is 1. The molecule has 0 aliphatic carbocycles. The van der Waals surface area contributed by atoms with Crippen LogP contribution in [0.5, 0.6) is 11.5 Å². The molecule has 2 atom stereocenters. The molecule has 0 radical (unpaired) electrons. The van der Waals surface area contributed by atoms with E-state index < -0.39 is 0 Å². The van der Waals surface area contributed by atoms with Gasteiger partial charge in [-0.05, 0) is 44.0 Å². The normalized spacial score (nSPS) is 24.6. The lowest BCUT2D eigenvalue weighted by molar-refractivity contribution is 0.156. The van der Waals surface area contributed by atoms with Crippen molar-refractivity contribution in [1.29, 1.82) is 0 Å². The van der Waals surface area contributed by atoms with Crippen molar-refractivity contribution in [1.82, 2.24) is 10.2 Å². The maximum atomic E-state index is 5.95. The lowest BCUT2D eigenvalue weighted by Gasteiger charge is -2.26. The Bertz CT molecular complexity index is 582. The van der Waals surface area contributed by atoms with Gasteiger partial charge in [-0.1, -0.05) is 0 Å². The highest BCUT2D eigenvalue weighted by atomic mass is 16.5. The maximum Gasteiger partial charge on any atom is 0.193 e. The predicted octanol–water partition coefficient (Wildman–Crippen LogP) is 2.15. The van der Waals surface area contributed by atoms with Gasteiger partial charge < -0.3 is 24.4 Å². The second-order valence-electron chi connectivity index (χ2n) is 7.01. The first-order valence-corrected chi connectivity index (χ1v) is 8.98. The fraction of sp³-hybridized carbons (Fsp3) is 0.632. The summed E-state index contributed by atoms with van der Waals surface area (Å²) in [5.41, 5.74) is 0.336. The van der Waals surface area contributed by atoms with Gasteiger partial charge in [-0.25, -0.2) is 0 Å². The summed E-state index contributed by atoms with van der Waals surface area (Å²) in [6, 6.07) is 7.66. The Morgan fingerprint density at radius 3 is 2.72 bits per heavy atom. The third-order valence-electron chi connectivity index (χ3n) is 5.08. The molecule has 1 aromatic rings. The fourth-order valence-corrected chi connectivity index (χ4v) is 3.58. The monoisotopic (exact) mass is 347 g/mol. The zero-order valence-electron chi connectivity index (χ0n) is 15.5. The van der Waals surface area contributed by atoms with E-state index in [0.29, 0.717) is 12.0 Å². The molecule has 6 nitrogen and oxygen atoms in total. The van der Waals surface area contributed by atoms with E-state index in [-0.39, 0.29) is 6.10 Å². The van der Waals surface area contributed by atoms with Gasteiger partial charge in [0.05, 0.1) is 20.3 Å². The standard InChI is InChI=1S/C19H29N3O3/c1-15(25-17-6-4-16(23-3)5-7-17)12-21-18(20-2)22-10-8-19(13-22)9-11-24-14-19/h4-7,15H,8-14H2,1-3H3,(H,20,21). The van der Waals surface area contributed by atoms with E-state index in [1.165, 1.54) is 6.42 Å². The molecule has 1 aromatic carbocycles. The van der Waals surface area contributed by atoms with Crippen LogP contribution >= 0.6 is 0 Å². The van der Waals surface area contributed by atoms with Crippen molar-refractivity contribution in [3.8, 4) is 11.5 Å². The summed E-state index contributed by atoms with van der Waals surface area (Å²) in [7, 11) is 3.50. The molecule has 2 unspecified atom stereocenters. The number of guanidine groups is 1. The predicted molar refractivity (Wildman–Crippen MR) is 98.5 cm³/mol. The summed E-state index contributed by atoms with van der Waals surface area (Å²) in [5, 5.41) is 3.45. The number of likely N-dealkylation sites (tertiary alicyclic amines) is 1. The van der Waals surface area contributed by atoms with Gasteiger partial charge in [0.25, 0.3) is 0 Å². The van der Waals surface area contributed by atoms with E-state index in [4.69, 9.17) is 14.2 Å². The highest BCUT2D eigenvalue weighted by Crippen LogP contribution is 2.38. The van der Waals surface area contributed by atoms with Crippen LogP contribution in [0.1, 0.15) is 19.8 Å². The van der Waals surface area contributed by atoms with E-state index in [2.05, 4.69) is 22.1 Å². The zero-order chi connectivity index (χ0) is 17.7. The van der Waals surface area contributed by atoms with Crippen LogP contribution in [-0.4, -0.2) is 64.0 Å². The fourth-order valence-electron chi connectivity index (χ4n) is 3.58. The van der Waals surface area contributed by atoms with Gasteiger partial charge >= 0.3 is 0 Å². The van der Waals surface area contributed by atoms with Gasteiger partial charge in [-0.3, -0.25) is 4.99 Å². The molecule has 0 bridgehead atoms. The molecule has 138 valence electrons. The SMILES string of the molecule is CN=C(NCC(C)Oc1ccc(OC)cc1)N1CCC2(CCOC2)C1. The minimum Gasteiger partial charge on any atom is -0.497 e. The van der Waals surface area contributed by atoms with Crippen LogP contribution in [0.4, 0.5) is 0 Å². The maximum absolute atomic E-state index is 5.95. The smallest absolute Gasteiger partial charge is 0.193 e. The average Bonchev–Trinajstić information content (AvgIpc) is 3.26. The quantitative estimate of drug-likeness (QED) is 0.653. The van der Waals surface area contributed by atoms with Crippen molar-refractivity contribution in [2.45, 2.75) is 25.9 Å². The Labute approximate surface area is 150 Å². The van der Waals surface area contributed by atoms with Gasteiger partial charge in [0, 0.05) is 32.2 Å². The van der Waals surface area contributed by atoms with E-state index in [1.54, 1.807) is 7.11 Å². The van der Waals surface area contributed by atoms with Crippen LogP contribution in [0.25, 0.3) is 0 Å². The minimum absolute atomic E-state index is 0.0384. The molecule has 0 amide bonds. The Morgan fingerprint density at radius 2 is 2.08 bits per heavy atom. The summed E-state index contributed by atoms with van der Waals surface area (Å²) < 4.78 is 16.7. The molecule has 6 heteroatoms. The second kappa shape index (κ2) is 7.95. The van der Waals surface area contributed by atoms with Gasteiger partial charge in [-0.2, -0.15) is 0 Å². The molecule has 2 aliphatic heterocycles. The van der Waals surface area contributed by atoms with Crippen LogP contribution < -0.4 is 14.8 Å². The molecule has 2 fully saturated rings. The number of hydrogen-bond acceptors (Lipinski definition) is 4. The van der Waals surface area contributed by atoms with Gasteiger partial charge in [-0.15, -0.1) is 0 Å². The zero-order valence-corrected chi connectivity index (χ0v) is 15.5. The molecular formula is C19H29N3O3. The largest absolute Gasteiger partial charge is 0.497 e. The molecule has 2 aliphatic rings. The first kappa shape index (κ1) is 17.9. The Kier molecular flexibility index (Phi) is 5.68. The molecule has 0 saturated carbocycles. The van der Waals surface area contributed by atoms with Gasteiger partial charge in [0.2, 0.25) is 0 Å². The molecule has 2 saturated heterocycles. The minimum atomic E-state index is 0.0384. The highest BCUT2D eigenvalue weighted by molar-refractivity contribution is 5.80. The van der Waals surface area contributed by atoms with Crippen LogP contribution in [0.2, 0.25) is 0 Å². The molecule has 2 heterocycles. The Balaban J connectivity index is 1.47. The van der Waals surface area contributed by atoms with Gasteiger partial charge in [0.15, 0.2) is 5.96 Å². The van der Waals surface area contributed by atoms with Gasteiger partial charge in [0.1, 0.15) is 17.6 Å². The molecular weight excluding hydrogens is 318 g/mol. The van der Waals surface area contributed by atoms with Crippen LogP contribution in [0, 0.1) is 5.41 Å². The van der Waals surface area contributed by atoms with E-state index in [9.17, 15) is 0 Å². The Hall–Kier alpha value is -1.95. The summed E-state index contributed by atoms with van der Waals surface area (Å²) >= 11 is 0. The average molecular weight is 347 g/mol. The topological polar surface area (TPSA) is 55.3 Å². The number of nitrogens with zero attached hydrogens (tertiary/aromatic N) is 2. The molecule has 0 aromatic heterocycles. The number of benzene rings is 1. The van der Waals surface area contributed by atoms with Crippen molar-refractivity contribution >= 4 is 5.96 Å². The third-order valence-corrected chi connectivity index (χ3v) is 5.08. The lowest BCUT2D eigenvalue weighted by Crippen LogP contribution is -2.44. The summed E-state index contributed by atoms with van der Waals surface area (Å²) in [6.45, 7) is 6.61. The van der Waals surface area contributed by atoms with Crippen molar-refractivity contribution in [2.75, 3.05) is 47.0 Å². The molecule has 1 spiro atoms. The van der Waals surface area contributed by atoms with Crippen molar-refractivity contribution < 1.29 is 14.2 Å². The number of methoxy groups -OCH3 is 1. The van der Waals surface area contributed by atoms with E-state index in [0.717, 1.165) is 50.2 Å². The van der Waals surface area contributed by atoms with Crippen LogP contribution in [-0.2, 0) is 4.74 Å². The Morgan fingerprint density at radius 1 is 1.32 bits per heavy atom. The van der Waals surface area contributed by atoms with Crippen molar-refractivity contribution in [3.05, 3.63) is 24.3 Å². The second-order valence-corrected chi connectivity index (χ2v) is 7.01. The summed E-state index contributed by atoms with van der Waals surface area (Å²) in [5.74, 6) is 2.62.